The van der Waals surface area contributed by atoms with Gasteiger partial charge in [-0.15, -0.1) is 0 Å². The highest BCUT2D eigenvalue weighted by atomic mass is 35.5. The fourth-order valence-corrected chi connectivity index (χ4v) is 8.39. The van der Waals surface area contributed by atoms with E-state index >= 15 is 0 Å². The first kappa shape index (κ1) is 16.7. The highest BCUT2D eigenvalue weighted by Crippen LogP contribution is 2.70. The molecule has 0 amide bonds. The van der Waals surface area contributed by atoms with Crippen molar-refractivity contribution in [2.75, 3.05) is 12.7 Å². The van der Waals surface area contributed by atoms with E-state index in [0.717, 1.165) is 0 Å². The molecule has 0 bridgehead atoms. The molecular weight excluding hydrogens is 267 g/mol. The lowest BCUT2D eigenvalue weighted by Crippen LogP contribution is -3.00. The summed E-state index contributed by atoms with van der Waals surface area (Å²) in [6, 6.07) is 0. The molecule has 2 aliphatic rings. The van der Waals surface area contributed by atoms with Crippen LogP contribution < -0.4 is 12.4 Å². The number of rotatable bonds is 4. The smallest absolute Gasteiger partial charge is 0.156 e. The number of aliphatic hydroxyl groups excluding tert-OH is 2. The van der Waals surface area contributed by atoms with E-state index in [-0.39, 0.29) is 12.4 Å². The normalized spacial score (nSPS) is 23.7. The van der Waals surface area contributed by atoms with Crippen molar-refractivity contribution in [3.05, 3.63) is 0 Å². The molecule has 2 rings (SSSR count). The van der Waals surface area contributed by atoms with Crippen molar-refractivity contribution in [2.24, 2.45) is 0 Å². The van der Waals surface area contributed by atoms with Crippen LogP contribution in [0.4, 0.5) is 0 Å². The summed E-state index contributed by atoms with van der Waals surface area (Å²) in [5.41, 5.74) is 1.35. The molecule has 18 heavy (non-hydrogen) atoms. The summed E-state index contributed by atoms with van der Waals surface area (Å²) in [5, 5.41) is 19.9. The Bertz CT molecular complexity index is 202. The topological polar surface area (TPSA) is 40.5 Å². The van der Waals surface area contributed by atoms with Crippen LogP contribution in [0.25, 0.3) is 0 Å². The van der Waals surface area contributed by atoms with E-state index in [4.69, 9.17) is 0 Å². The number of halogens is 1. The lowest BCUT2D eigenvalue weighted by atomic mass is 9.99. The molecule has 108 valence electrons. The molecule has 0 atom stereocenters. The van der Waals surface area contributed by atoms with Crippen molar-refractivity contribution in [3.8, 4) is 0 Å². The van der Waals surface area contributed by atoms with E-state index < -0.39 is 7.26 Å². The summed E-state index contributed by atoms with van der Waals surface area (Å²) >= 11 is 0. The molecule has 0 aromatic rings. The third kappa shape index (κ3) is 3.39. The summed E-state index contributed by atoms with van der Waals surface area (Å²) in [6.07, 6.45) is 13.7. The van der Waals surface area contributed by atoms with Gasteiger partial charge in [-0.25, -0.2) is 0 Å². The zero-order valence-electron chi connectivity index (χ0n) is 11.4. The highest BCUT2D eigenvalue weighted by molar-refractivity contribution is 7.76. The van der Waals surface area contributed by atoms with E-state index in [9.17, 15) is 10.2 Å². The lowest BCUT2D eigenvalue weighted by Gasteiger charge is -2.40. The van der Waals surface area contributed by atoms with Crippen molar-refractivity contribution >= 4 is 7.26 Å². The van der Waals surface area contributed by atoms with E-state index in [1.54, 1.807) is 0 Å². The fraction of sp³-hybridized carbons (Fsp3) is 1.00. The van der Waals surface area contributed by atoms with Crippen LogP contribution in [0.2, 0.25) is 0 Å². The van der Waals surface area contributed by atoms with Crippen LogP contribution in [0.5, 0.6) is 0 Å². The van der Waals surface area contributed by atoms with Gasteiger partial charge in [0, 0.05) is 0 Å². The molecule has 2 nitrogen and oxygen atoms in total. The predicted octanol–water partition coefficient (Wildman–Crippen LogP) is 0.573. The highest BCUT2D eigenvalue weighted by Gasteiger charge is 2.51. The van der Waals surface area contributed by atoms with Gasteiger partial charge in [-0.3, -0.25) is 0 Å². The van der Waals surface area contributed by atoms with E-state index in [0.29, 0.717) is 24.0 Å². The van der Waals surface area contributed by atoms with Gasteiger partial charge in [0.25, 0.3) is 0 Å². The molecule has 0 aliphatic heterocycles. The van der Waals surface area contributed by atoms with Crippen LogP contribution in [0.1, 0.15) is 64.2 Å². The molecule has 0 aromatic carbocycles. The number of hydrogen-bond acceptors (Lipinski definition) is 2. The number of hydrogen-bond donors (Lipinski definition) is 2. The summed E-state index contributed by atoms with van der Waals surface area (Å²) in [6.45, 7) is 0. The molecule has 2 aliphatic carbocycles. The minimum absolute atomic E-state index is 0. The largest absolute Gasteiger partial charge is 1.00 e. The maximum Gasteiger partial charge on any atom is 0.156 e. The predicted molar refractivity (Wildman–Crippen MR) is 74.8 cm³/mol. The van der Waals surface area contributed by atoms with Crippen LogP contribution in [0, 0.1) is 0 Å². The monoisotopic (exact) mass is 294 g/mol. The fourth-order valence-electron chi connectivity index (χ4n) is 4.00. The molecule has 0 aromatic heterocycles. The Labute approximate surface area is 118 Å². The Morgan fingerprint density at radius 3 is 1.28 bits per heavy atom. The molecule has 2 N–H and O–H groups in total. The summed E-state index contributed by atoms with van der Waals surface area (Å²) < 4.78 is 0. The summed E-state index contributed by atoms with van der Waals surface area (Å²) in [7, 11) is -1.50. The third-order valence-corrected chi connectivity index (χ3v) is 10.1. The Morgan fingerprint density at radius 2 is 1.00 bits per heavy atom. The molecule has 0 saturated heterocycles. The Balaban J connectivity index is 0.00000162. The van der Waals surface area contributed by atoms with Crippen LogP contribution in [-0.2, 0) is 0 Å². The van der Waals surface area contributed by atoms with Crippen molar-refractivity contribution in [1.29, 1.82) is 0 Å². The van der Waals surface area contributed by atoms with Gasteiger partial charge in [0.15, 0.2) is 12.7 Å². The minimum Gasteiger partial charge on any atom is -1.00 e. The zero-order valence-corrected chi connectivity index (χ0v) is 13.0. The molecule has 2 saturated carbocycles. The molecule has 0 radical (unpaired) electrons. The van der Waals surface area contributed by atoms with Gasteiger partial charge in [-0.2, -0.15) is 0 Å². The second-order valence-corrected chi connectivity index (χ2v) is 10.2. The van der Waals surface area contributed by atoms with Crippen molar-refractivity contribution in [1.82, 2.24) is 0 Å². The summed E-state index contributed by atoms with van der Waals surface area (Å²) in [4.78, 5) is 0. The van der Waals surface area contributed by atoms with Crippen molar-refractivity contribution in [3.63, 3.8) is 0 Å². The lowest BCUT2D eigenvalue weighted by molar-refractivity contribution is -0.00000529. The average Bonchev–Trinajstić information content (AvgIpc) is 2.43. The second kappa shape index (κ2) is 8.04. The maximum atomic E-state index is 9.97. The molecule has 0 spiro atoms. The van der Waals surface area contributed by atoms with Crippen LogP contribution in [0.15, 0.2) is 0 Å². The van der Waals surface area contributed by atoms with Gasteiger partial charge in [-0.1, -0.05) is 12.8 Å². The van der Waals surface area contributed by atoms with Gasteiger partial charge in [-0.05, 0) is 51.4 Å². The quantitative estimate of drug-likeness (QED) is 0.745. The van der Waals surface area contributed by atoms with Crippen LogP contribution >= 0.6 is 7.26 Å². The van der Waals surface area contributed by atoms with Crippen molar-refractivity contribution in [2.45, 2.75) is 75.5 Å². The Kier molecular flexibility index (Phi) is 7.46. The van der Waals surface area contributed by atoms with Gasteiger partial charge in [0.2, 0.25) is 0 Å². The maximum absolute atomic E-state index is 9.97. The number of aliphatic hydroxyl groups is 2. The average molecular weight is 295 g/mol. The first-order valence-corrected chi connectivity index (χ1v) is 9.71. The standard InChI is InChI=1S/C14H28O2P.ClH/c15-11-17(12-16,13-7-3-1-4-8-13)14-9-5-2-6-10-14;/h13-16H,1-12H2;1H/q+1;/p-1. The van der Waals surface area contributed by atoms with E-state index in [2.05, 4.69) is 0 Å². The van der Waals surface area contributed by atoms with Crippen LogP contribution in [0.3, 0.4) is 0 Å². The van der Waals surface area contributed by atoms with Gasteiger partial charge < -0.3 is 22.6 Å². The Morgan fingerprint density at radius 1 is 0.667 bits per heavy atom. The minimum atomic E-state index is -1.50. The van der Waals surface area contributed by atoms with E-state index in [1.807, 2.05) is 0 Å². The SMILES string of the molecule is OC[P+](CO)(C1CCCCC1)C1CCCCC1.[Cl-]. The zero-order chi connectivity index (χ0) is 12.1. The first-order valence-electron chi connectivity index (χ1n) is 7.41. The van der Waals surface area contributed by atoms with Gasteiger partial charge in [0.1, 0.15) is 0 Å². The Hall–Kier alpha value is 0.640. The molecule has 0 heterocycles. The second-order valence-electron chi connectivity index (χ2n) is 5.97. The van der Waals surface area contributed by atoms with E-state index in [1.165, 1.54) is 64.2 Å². The molecule has 2 fully saturated rings. The molecule has 4 heteroatoms. The van der Waals surface area contributed by atoms with Gasteiger partial charge >= 0.3 is 0 Å². The van der Waals surface area contributed by atoms with Crippen molar-refractivity contribution < 1.29 is 22.6 Å². The van der Waals surface area contributed by atoms with Gasteiger partial charge in [0.05, 0.1) is 18.6 Å². The first-order chi connectivity index (χ1) is 8.33. The molecule has 0 unspecified atom stereocenters. The van der Waals surface area contributed by atoms with Crippen LogP contribution in [-0.4, -0.2) is 34.2 Å². The molecular formula is C14H28ClO2P. The summed E-state index contributed by atoms with van der Waals surface area (Å²) in [5.74, 6) is 0. The third-order valence-electron chi connectivity index (χ3n) is 5.13.